The van der Waals surface area contributed by atoms with Crippen LogP contribution in [-0.2, 0) is 0 Å². The van der Waals surface area contributed by atoms with E-state index in [4.69, 9.17) is 10.2 Å². The number of benzene rings is 3. The van der Waals surface area contributed by atoms with Gasteiger partial charge in [0.15, 0.2) is 5.58 Å². The average molecular weight is 306 g/mol. The van der Waals surface area contributed by atoms with Crippen LogP contribution in [0.2, 0.25) is 0 Å². The Bertz CT molecular complexity index is 1070. The molecule has 0 fully saturated rings. The molecule has 0 saturated heterocycles. The third-order valence-corrected chi connectivity index (χ3v) is 4.18. The highest BCUT2D eigenvalue weighted by Gasteiger charge is 2.16. The molecular formula is C19H15FN2O. The first-order valence-electron chi connectivity index (χ1n) is 7.39. The Morgan fingerprint density at radius 3 is 2.70 bits per heavy atom. The van der Waals surface area contributed by atoms with E-state index in [1.54, 1.807) is 6.07 Å². The highest BCUT2D eigenvalue weighted by atomic mass is 19.1. The first kappa shape index (κ1) is 13.8. The summed E-state index contributed by atoms with van der Waals surface area (Å²) in [5, 5.41) is 2.19. The van der Waals surface area contributed by atoms with Crippen LogP contribution in [0.4, 0.5) is 10.1 Å². The Morgan fingerprint density at radius 2 is 1.87 bits per heavy atom. The molecule has 3 nitrogen and oxygen atoms in total. The molecule has 2 N–H and O–H groups in total. The maximum absolute atomic E-state index is 13.4. The maximum atomic E-state index is 13.4. The lowest BCUT2D eigenvalue weighted by molar-refractivity contribution is 0.613. The molecule has 0 atom stereocenters. The summed E-state index contributed by atoms with van der Waals surface area (Å²) in [5.74, 6) is 0.194. The highest BCUT2D eigenvalue weighted by Crippen LogP contribution is 2.35. The van der Waals surface area contributed by atoms with Crippen molar-refractivity contribution in [2.45, 2.75) is 13.8 Å². The van der Waals surface area contributed by atoms with Crippen LogP contribution in [0.15, 0.2) is 46.9 Å². The van der Waals surface area contributed by atoms with E-state index in [-0.39, 0.29) is 5.82 Å². The van der Waals surface area contributed by atoms with Crippen LogP contribution in [-0.4, -0.2) is 4.98 Å². The quantitative estimate of drug-likeness (QED) is 0.504. The number of aromatic nitrogens is 1. The van der Waals surface area contributed by atoms with E-state index in [1.165, 1.54) is 12.1 Å². The van der Waals surface area contributed by atoms with Crippen molar-refractivity contribution in [2.24, 2.45) is 0 Å². The Labute approximate surface area is 132 Å². The molecule has 0 radical (unpaired) electrons. The van der Waals surface area contributed by atoms with Gasteiger partial charge in [-0.2, -0.15) is 0 Å². The fourth-order valence-corrected chi connectivity index (χ4v) is 3.11. The van der Waals surface area contributed by atoms with E-state index in [0.29, 0.717) is 17.0 Å². The van der Waals surface area contributed by atoms with Crippen LogP contribution < -0.4 is 5.73 Å². The van der Waals surface area contributed by atoms with Gasteiger partial charge >= 0.3 is 0 Å². The zero-order valence-corrected chi connectivity index (χ0v) is 12.9. The van der Waals surface area contributed by atoms with Crippen molar-refractivity contribution in [3.63, 3.8) is 0 Å². The summed E-state index contributed by atoms with van der Waals surface area (Å²) in [5.41, 5.74) is 10.8. The van der Waals surface area contributed by atoms with Gasteiger partial charge in [0, 0.05) is 17.3 Å². The molecule has 0 saturated carbocycles. The Kier molecular flexibility index (Phi) is 2.88. The molecule has 1 aromatic heterocycles. The molecular weight excluding hydrogens is 291 g/mol. The van der Waals surface area contributed by atoms with Crippen molar-refractivity contribution in [1.82, 2.24) is 4.98 Å². The van der Waals surface area contributed by atoms with Crippen LogP contribution >= 0.6 is 0 Å². The predicted molar refractivity (Wildman–Crippen MR) is 90.8 cm³/mol. The molecule has 0 amide bonds. The van der Waals surface area contributed by atoms with E-state index < -0.39 is 0 Å². The van der Waals surface area contributed by atoms with Crippen LogP contribution in [0, 0.1) is 19.7 Å². The summed E-state index contributed by atoms with van der Waals surface area (Å²) >= 11 is 0. The SMILES string of the molecule is Cc1cc2cc(N)ccc2c(C)c1-c1nc2cc(F)ccc2o1. The second-order valence-electron chi connectivity index (χ2n) is 5.81. The van der Waals surface area contributed by atoms with Gasteiger partial charge in [0.2, 0.25) is 5.89 Å². The predicted octanol–water partition coefficient (Wildman–Crippen LogP) is 4.99. The van der Waals surface area contributed by atoms with Gasteiger partial charge in [0.05, 0.1) is 0 Å². The number of hydrogen-bond donors (Lipinski definition) is 1. The maximum Gasteiger partial charge on any atom is 0.227 e. The van der Waals surface area contributed by atoms with Crippen molar-refractivity contribution < 1.29 is 8.81 Å². The highest BCUT2D eigenvalue weighted by molar-refractivity contribution is 5.94. The first-order valence-corrected chi connectivity index (χ1v) is 7.39. The van der Waals surface area contributed by atoms with Crippen LogP contribution in [0.25, 0.3) is 33.3 Å². The number of aryl methyl sites for hydroxylation is 2. The minimum absolute atomic E-state index is 0.320. The Morgan fingerprint density at radius 1 is 1.04 bits per heavy atom. The van der Waals surface area contributed by atoms with Gasteiger partial charge in [-0.25, -0.2) is 9.37 Å². The molecule has 0 bridgehead atoms. The van der Waals surface area contributed by atoms with Crippen molar-refractivity contribution in [3.05, 3.63) is 59.4 Å². The fraction of sp³-hybridized carbons (Fsp3) is 0.105. The summed E-state index contributed by atoms with van der Waals surface area (Å²) in [7, 11) is 0. The second kappa shape index (κ2) is 4.81. The van der Waals surface area contributed by atoms with E-state index in [1.807, 2.05) is 32.0 Å². The third kappa shape index (κ3) is 2.14. The van der Waals surface area contributed by atoms with Crippen LogP contribution in [0.5, 0.6) is 0 Å². The van der Waals surface area contributed by atoms with Crippen molar-refractivity contribution >= 4 is 27.6 Å². The summed E-state index contributed by atoms with van der Waals surface area (Å²) in [6.07, 6.45) is 0. The molecule has 4 rings (SSSR count). The standard InChI is InChI=1S/C19H15FN2O/c1-10-7-12-8-14(21)4-5-15(12)11(2)18(10)19-22-16-9-13(20)3-6-17(16)23-19/h3-9H,21H2,1-2H3. The second-order valence-corrected chi connectivity index (χ2v) is 5.81. The number of anilines is 1. The molecule has 4 aromatic rings. The number of fused-ring (bicyclic) bond motifs is 2. The van der Waals surface area contributed by atoms with E-state index in [9.17, 15) is 4.39 Å². The summed E-state index contributed by atoms with van der Waals surface area (Å²) < 4.78 is 19.2. The third-order valence-electron chi connectivity index (χ3n) is 4.18. The number of nitrogens with two attached hydrogens (primary N) is 1. The first-order chi connectivity index (χ1) is 11.0. The summed E-state index contributed by atoms with van der Waals surface area (Å²) in [6, 6.07) is 12.3. The van der Waals surface area contributed by atoms with Gasteiger partial charge in [-0.05, 0) is 60.0 Å². The Hall–Kier alpha value is -2.88. The minimum Gasteiger partial charge on any atom is -0.436 e. The number of oxazole rings is 1. The number of nitrogen functional groups attached to an aromatic ring is 1. The van der Waals surface area contributed by atoms with Gasteiger partial charge in [-0.1, -0.05) is 12.1 Å². The lowest BCUT2D eigenvalue weighted by Gasteiger charge is -2.11. The molecule has 0 aliphatic heterocycles. The van der Waals surface area contributed by atoms with E-state index >= 15 is 0 Å². The lowest BCUT2D eigenvalue weighted by atomic mass is 9.95. The molecule has 3 aromatic carbocycles. The van der Waals surface area contributed by atoms with Crippen molar-refractivity contribution in [3.8, 4) is 11.5 Å². The Balaban J connectivity index is 2.01. The summed E-state index contributed by atoms with van der Waals surface area (Å²) in [4.78, 5) is 4.46. The molecule has 4 heteroatoms. The molecule has 114 valence electrons. The van der Waals surface area contributed by atoms with Crippen LogP contribution in [0.1, 0.15) is 11.1 Å². The number of rotatable bonds is 1. The number of halogens is 1. The zero-order chi connectivity index (χ0) is 16.1. The van der Waals surface area contributed by atoms with Crippen molar-refractivity contribution in [1.29, 1.82) is 0 Å². The summed E-state index contributed by atoms with van der Waals surface area (Å²) in [6.45, 7) is 4.05. The molecule has 1 heterocycles. The van der Waals surface area contributed by atoms with E-state index in [0.717, 1.165) is 33.2 Å². The van der Waals surface area contributed by atoms with Gasteiger partial charge < -0.3 is 10.2 Å². The normalized spacial score (nSPS) is 11.4. The molecule has 23 heavy (non-hydrogen) atoms. The topological polar surface area (TPSA) is 52.0 Å². The fourth-order valence-electron chi connectivity index (χ4n) is 3.11. The number of nitrogens with zero attached hydrogens (tertiary/aromatic N) is 1. The van der Waals surface area contributed by atoms with E-state index in [2.05, 4.69) is 11.1 Å². The van der Waals surface area contributed by atoms with Crippen molar-refractivity contribution in [2.75, 3.05) is 5.73 Å². The average Bonchev–Trinajstić information content (AvgIpc) is 2.89. The minimum atomic E-state index is -0.320. The van der Waals surface area contributed by atoms with Crippen LogP contribution in [0.3, 0.4) is 0 Å². The molecule has 0 aliphatic rings. The van der Waals surface area contributed by atoms with Gasteiger partial charge in [-0.3, -0.25) is 0 Å². The monoisotopic (exact) mass is 306 g/mol. The van der Waals surface area contributed by atoms with Gasteiger partial charge in [0.25, 0.3) is 0 Å². The molecule has 0 unspecified atom stereocenters. The molecule has 0 spiro atoms. The van der Waals surface area contributed by atoms with Gasteiger partial charge in [0.1, 0.15) is 11.3 Å². The molecule has 0 aliphatic carbocycles. The number of hydrogen-bond acceptors (Lipinski definition) is 3. The lowest BCUT2D eigenvalue weighted by Crippen LogP contribution is -1.92. The largest absolute Gasteiger partial charge is 0.436 e. The smallest absolute Gasteiger partial charge is 0.227 e. The van der Waals surface area contributed by atoms with Gasteiger partial charge in [-0.15, -0.1) is 0 Å². The zero-order valence-electron chi connectivity index (χ0n) is 12.9.